The van der Waals surface area contributed by atoms with Gasteiger partial charge in [0.1, 0.15) is 0 Å². The number of benzene rings is 1. The SMILES string of the molecule is Cc1nc2ccccc2nc1N1CCN(CCn2nc(-n3cccn3)ccc2=O)CC1. The highest BCUT2D eigenvalue weighted by molar-refractivity contribution is 5.76. The van der Waals surface area contributed by atoms with E-state index in [1.54, 1.807) is 23.0 Å². The number of hydrogen-bond acceptors (Lipinski definition) is 7. The fourth-order valence-corrected chi connectivity index (χ4v) is 3.92. The van der Waals surface area contributed by atoms with Crippen LogP contribution in [0.3, 0.4) is 0 Å². The van der Waals surface area contributed by atoms with Crippen LogP contribution in [0.4, 0.5) is 5.82 Å². The van der Waals surface area contributed by atoms with E-state index in [1.165, 1.54) is 4.68 Å². The maximum Gasteiger partial charge on any atom is 0.266 e. The fraction of sp³-hybridized carbons (Fsp3) is 0.318. The monoisotopic (exact) mass is 416 g/mol. The molecule has 0 N–H and O–H groups in total. The molecule has 9 nitrogen and oxygen atoms in total. The third-order valence-electron chi connectivity index (χ3n) is 5.61. The van der Waals surface area contributed by atoms with Gasteiger partial charge in [0.05, 0.1) is 23.3 Å². The highest BCUT2D eigenvalue weighted by Crippen LogP contribution is 2.21. The van der Waals surface area contributed by atoms with E-state index >= 15 is 0 Å². The minimum Gasteiger partial charge on any atom is -0.353 e. The molecule has 0 radical (unpaired) electrons. The Bertz CT molecular complexity index is 1240. The van der Waals surface area contributed by atoms with Gasteiger partial charge in [-0.2, -0.15) is 5.10 Å². The number of rotatable bonds is 5. The minimum absolute atomic E-state index is 0.100. The van der Waals surface area contributed by atoms with Crippen molar-refractivity contribution in [3.05, 3.63) is 70.9 Å². The summed E-state index contributed by atoms with van der Waals surface area (Å²) in [4.78, 5) is 26.4. The standard InChI is InChI=1S/C22H24N8O/c1-17-22(25-19-6-3-2-5-18(19)24-17)28-14-11-27(12-15-28)13-16-30-21(31)8-7-20(26-30)29-10-4-9-23-29/h2-10H,11-16H2,1H3. The van der Waals surface area contributed by atoms with E-state index < -0.39 is 0 Å². The number of fused-ring (bicyclic) bond motifs is 1. The average molecular weight is 416 g/mol. The van der Waals surface area contributed by atoms with Gasteiger partial charge in [-0.25, -0.2) is 19.3 Å². The Kier molecular flexibility index (Phi) is 5.17. The molecule has 0 aliphatic carbocycles. The maximum absolute atomic E-state index is 12.2. The average Bonchev–Trinajstić information content (AvgIpc) is 3.33. The van der Waals surface area contributed by atoms with Crippen LogP contribution < -0.4 is 10.5 Å². The second kappa shape index (κ2) is 8.27. The van der Waals surface area contributed by atoms with Crippen LogP contribution in [-0.2, 0) is 6.54 Å². The molecule has 1 aromatic carbocycles. The van der Waals surface area contributed by atoms with Crippen molar-refractivity contribution in [3.63, 3.8) is 0 Å². The zero-order valence-corrected chi connectivity index (χ0v) is 17.4. The fourth-order valence-electron chi connectivity index (χ4n) is 3.92. The maximum atomic E-state index is 12.2. The van der Waals surface area contributed by atoms with Gasteiger partial charge >= 0.3 is 0 Å². The number of para-hydroxylation sites is 2. The zero-order valence-electron chi connectivity index (χ0n) is 17.4. The second-order valence-electron chi connectivity index (χ2n) is 7.65. The van der Waals surface area contributed by atoms with E-state index in [2.05, 4.69) is 20.0 Å². The zero-order chi connectivity index (χ0) is 21.2. The summed E-state index contributed by atoms with van der Waals surface area (Å²) in [5, 5.41) is 8.63. The predicted octanol–water partition coefficient (Wildman–Crippen LogP) is 1.50. The lowest BCUT2D eigenvalue weighted by atomic mass is 10.2. The molecule has 9 heteroatoms. The lowest BCUT2D eigenvalue weighted by molar-refractivity contribution is 0.242. The molecule has 0 unspecified atom stereocenters. The van der Waals surface area contributed by atoms with Crippen LogP contribution >= 0.6 is 0 Å². The molecule has 1 aliphatic rings. The Morgan fingerprint density at radius 3 is 2.42 bits per heavy atom. The van der Waals surface area contributed by atoms with Gasteiger partial charge in [0.2, 0.25) is 0 Å². The van der Waals surface area contributed by atoms with Crippen molar-refractivity contribution < 1.29 is 0 Å². The number of hydrogen-bond donors (Lipinski definition) is 0. The summed E-state index contributed by atoms with van der Waals surface area (Å²) >= 11 is 0. The van der Waals surface area contributed by atoms with Gasteiger partial charge in [0.25, 0.3) is 5.56 Å². The molecule has 4 aromatic rings. The van der Waals surface area contributed by atoms with Gasteiger partial charge in [-0.1, -0.05) is 12.1 Å². The van der Waals surface area contributed by atoms with Crippen molar-refractivity contribution in [1.82, 2.24) is 34.4 Å². The first-order chi connectivity index (χ1) is 15.2. The number of nitrogens with zero attached hydrogens (tertiary/aromatic N) is 8. The molecule has 1 aliphatic heterocycles. The Morgan fingerprint density at radius 2 is 1.68 bits per heavy atom. The van der Waals surface area contributed by atoms with Gasteiger partial charge in [-0.3, -0.25) is 9.69 Å². The predicted molar refractivity (Wildman–Crippen MR) is 119 cm³/mol. The van der Waals surface area contributed by atoms with Gasteiger partial charge in [-0.05, 0) is 31.2 Å². The lowest BCUT2D eigenvalue weighted by Gasteiger charge is -2.35. The third-order valence-corrected chi connectivity index (χ3v) is 5.61. The highest BCUT2D eigenvalue weighted by Gasteiger charge is 2.20. The van der Waals surface area contributed by atoms with Crippen LogP contribution in [0.15, 0.2) is 59.7 Å². The van der Waals surface area contributed by atoms with Crippen molar-refractivity contribution >= 4 is 16.9 Å². The van der Waals surface area contributed by atoms with Crippen molar-refractivity contribution in [1.29, 1.82) is 0 Å². The number of piperazine rings is 1. The molecule has 1 fully saturated rings. The minimum atomic E-state index is -0.100. The van der Waals surface area contributed by atoms with E-state index in [4.69, 9.17) is 9.97 Å². The summed E-state index contributed by atoms with van der Waals surface area (Å²) in [6.45, 7) is 6.90. The molecular formula is C22H24N8O. The molecule has 31 heavy (non-hydrogen) atoms. The summed E-state index contributed by atoms with van der Waals surface area (Å²) < 4.78 is 3.17. The van der Waals surface area contributed by atoms with Gasteiger partial charge in [-0.15, -0.1) is 5.10 Å². The second-order valence-corrected chi connectivity index (χ2v) is 7.65. The van der Waals surface area contributed by atoms with Gasteiger partial charge in [0, 0.05) is 51.2 Å². The lowest BCUT2D eigenvalue weighted by Crippen LogP contribution is -2.48. The van der Waals surface area contributed by atoms with Crippen LogP contribution in [0.2, 0.25) is 0 Å². The van der Waals surface area contributed by atoms with Crippen LogP contribution in [-0.4, -0.2) is 67.2 Å². The summed E-state index contributed by atoms with van der Waals surface area (Å²) in [6, 6.07) is 13.0. The normalized spacial score (nSPS) is 14.9. The highest BCUT2D eigenvalue weighted by atomic mass is 16.1. The van der Waals surface area contributed by atoms with Crippen molar-refractivity contribution in [2.24, 2.45) is 0 Å². The summed E-state index contributed by atoms with van der Waals surface area (Å²) in [6.07, 6.45) is 3.51. The molecular weight excluding hydrogens is 392 g/mol. The molecule has 158 valence electrons. The first-order valence-electron chi connectivity index (χ1n) is 10.5. The van der Waals surface area contributed by atoms with E-state index in [-0.39, 0.29) is 5.56 Å². The number of aryl methyl sites for hydroxylation is 1. The smallest absolute Gasteiger partial charge is 0.266 e. The molecule has 4 heterocycles. The van der Waals surface area contributed by atoms with Crippen LogP contribution in [0.5, 0.6) is 0 Å². The molecule has 3 aromatic heterocycles. The summed E-state index contributed by atoms with van der Waals surface area (Å²) in [5.41, 5.74) is 2.71. The molecule has 1 saturated heterocycles. The van der Waals surface area contributed by atoms with Crippen molar-refractivity contribution in [3.8, 4) is 5.82 Å². The molecule has 0 saturated carbocycles. The molecule has 0 bridgehead atoms. The van der Waals surface area contributed by atoms with Gasteiger partial charge < -0.3 is 4.90 Å². The molecule has 5 rings (SSSR count). The Balaban J connectivity index is 1.23. The molecule has 0 atom stereocenters. The first kappa shape index (κ1) is 19.4. The number of anilines is 1. The Labute approximate surface area is 179 Å². The summed E-state index contributed by atoms with van der Waals surface area (Å²) in [7, 11) is 0. The van der Waals surface area contributed by atoms with Crippen molar-refractivity contribution in [2.75, 3.05) is 37.6 Å². The van der Waals surface area contributed by atoms with E-state index in [9.17, 15) is 4.79 Å². The van der Waals surface area contributed by atoms with Gasteiger partial charge in [0.15, 0.2) is 11.6 Å². The van der Waals surface area contributed by atoms with E-state index in [0.29, 0.717) is 12.4 Å². The topological polar surface area (TPSA) is 85.0 Å². The van der Waals surface area contributed by atoms with Crippen LogP contribution in [0.1, 0.15) is 5.69 Å². The van der Waals surface area contributed by atoms with Crippen LogP contribution in [0, 0.1) is 6.92 Å². The molecule has 0 spiro atoms. The van der Waals surface area contributed by atoms with E-state index in [0.717, 1.165) is 55.3 Å². The number of aromatic nitrogens is 6. The largest absolute Gasteiger partial charge is 0.353 e. The van der Waals surface area contributed by atoms with Crippen LogP contribution in [0.25, 0.3) is 16.9 Å². The third kappa shape index (κ3) is 4.04. The quantitative estimate of drug-likeness (QED) is 0.487. The first-order valence-corrected chi connectivity index (χ1v) is 10.5. The Hall–Kier alpha value is -3.59. The Morgan fingerprint density at radius 1 is 0.903 bits per heavy atom. The summed E-state index contributed by atoms with van der Waals surface area (Å²) in [5.74, 6) is 1.60. The van der Waals surface area contributed by atoms with Crippen molar-refractivity contribution in [2.45, 2.75) is 13.5 Å². The van der Waals surface area contributed by atoms with E-state index in [1.807, 2.05) is 43.5 Å². The molecule has 0 amide bonds.